The maximum Gasteiger partial charge on any atom is 0.107 e. The predicted molar refractivity (Wildman–Crippen MR) is 104 cm³/mol. The van der Waals surface area contributed by atoms with Crippen molar-refractivity contribution >= 4 is 11.3 Å². The first-order valence-corrected chi connectivity index (χ1v) is 11.0. The van der Waals surface area contributed by atoms with Crippen LogP contribution in [-0.2, 0) is 25.9 Å². The van der Waals surface area contributed by atoms with Crippen LogP contribution in [0.15, 0.2) is 6.33 Å². The van der Waals surface area contributed by atoms with E-state index in [1.54, 1.807) is 4.88 Å². The standard InChI is InChI=1S/C20H29N5S/c1-14-18(22-13-21-14)11-24-8-15-6-7-16(10-24)25(9-15)12-20-23-17-4-2-3-5-19(17)26-20/h13,15-16H,2-12H2,1H3,(H,21,22)/t15-,16+/m1/s1. The van der Waals surface area contributed by atoms with Crippen LogP contribution in [0.3, 0.4) is 0 Å². The van der Waals surface area contributed by atoms with Crippen molar-refractivity contribution in [3.8, 4) is 0 Å². The van der Waals surface area contributed by atoms with Gasteiger partial charge in [0.2, 0.25) is 0 Å². The van der Waals surface area contributed by atoms with Gasteiger partial charge in [0.25, 0.3) is 0 Å². The van der Waals surface area contributed by atoms with Crippen LogP contribution < -0.4 is 0 Å². The number of aryl methyl sites for hydroxylation is 3. The predicted octanol–water partition coefficient (Wildman–Crippen LogP) is 3.15. The molecule has 1 aliphatic carbocycles. The number of fused-ring (bicyclic) bond motifs is 5. The van der Waals surface area contributed by atoms with E-state index in [1.807, 2.05) is 17.7 Å². The molecule has 5 nitrogen and oxygen atoms in total. The summed E-state index contributed by atoms with van der Waals surface area (Å²) in [5.74, 6) is 0.794. The van der Waals surface area contributed by atoms with Gasteiger partial charge in [-0.25, -0.2) is 9.97 Å². The zero-order valence-electron chi connectivity index (χ0n) is 15.7. The molecule has 26 heavy (non-hydrogen) atoms. The lowest BCUT2D eigenvalue weighted by molar-refractivity contribution is 0.123. The number of piperidine rings is 1. The van der Waals surface area contributed by atoms with Gasteiger partial charge < -0.3 is 4.98 Å². The van der Waals surface area contributed by atoms with Gasteiger partial charge in [0, 0.05) is 42.8 Å². The molecule has 0 radical (unpaired) electrons. The minimum absolute atomic E-state index is 0.675. The van der Waals surface area contributed by atoms with Gasteiger partial charge in [0.15, 0.2) is 0 Å². The molecule has 0 saturated carbocycles. The Bertz CT molecular complexity index is 743. The van der Waals surface area contributed by atoms with Crippen molar-refractivity contribution in [1.82, 2.24) is 24.8 Å². The fraction of sp³-hybridized carbons (Fsp3) is 0.700. The SMILES string of the molecule is Cc1[nH]cnc1CN1C[C@H]2CC[C@@H](C1)N(Cc1nc3c(s1)CCCC3)C2. The third kappa shape index (κ3) is 3.35. The van der Waals surface area contributed by atoms with E-state index in [0.717, 1.165) is 19.0 Å². The highest BCUT2D eigenvalue weighted by Crippen LogP contribution is 2.32. The summed E-state index contributed by atoms with van der Waals surface area (Å²) >= 11 is 1.99. The first-order chi connectivity index (χ1) is 12.7. The monoisotopic (exact) mass is 371 g/mol. The van der Waals surface area contributed by atoms with Crippen LogP contribution in [0.4, 0.5) is 0 Å². The van der Waals surface area contributed by atoms with E-state index in [2.05, 4.69) is 26.7 Å². The highest BCUT2D eigenvalue weighted by molar-refractivity contribution is 7.11. The summed E-state index contributed by atoms with van der Waals surface area (Å²) < 4.78 is 0. The second kappa shape index (κ2) is 7.06. The van der Waals surface area contributed by atoms with Gasteiger partial charge in [0.1, 0.15) is 5.01 Å². The van der Waals surface area contributed by atoms with Crippen molar-refractivity contribution in [3.63, 3.8) is 0 Å². The maximum absolute atomic E-state index is 5.00. The minimum Gasteiger partial charge on any atom is -0.348 e. The maximum atomic E-state index is 5.00. The van der Waals surface area contributed by atoms with Crippen LogP contribution in [0.1, 0.15) is 52.6 Å². The molecule has 3 aliphatic heterocycles. The number of nitrogens with zero attached hydrogens (tertiary/aromatic N) is 4. The van der Waals surface area contributed by atoms with Gasteiger partial charge in [0.05, 0.1) is 24.3 Å². The number of rotatable bonds is 4. The van der Waals surface area contributed by atoms with Gasteiger partial charge in [-0.15, -0.1) is 11.3 Å². The lowest BCUT2D eigenvalue weighted by atomic mass is 9.95. The molecule has 6 heteroatoms. The zero-order valence-corrected chi connectivity index (χ0v) is 16.5. The topological polar surface area (TPSA) is 48.1 Å². The summed E-state index contributed by atoms with van der Waals surface area (Å²) in [6.07, 6.45) is 9.69. The molecule has 6 rings (SSSR count). The normalized spacial score (nSPS) is 26.8. The van der Waals surface area contributed by atoms with Gasteiger partial charge in [-0.1, -0.05) is 0 Å². The second-order valence-corrected chi connectivity index (χ2v) is 9.55. The van der Waals surface area contributed by atoms with Crippen LogP contribution in [0.5, 0.6) is 0 Å². The van der Waals surface area contributed by atoms with E-state index in [-0.39, 0.29) is 0 Å². The van der Waals surface area contributed by atoms with Crippen molar-refractivity contribution in [2.45, 2.75) is 64.6 Å². The molecule has 0 amide bonds. The molecule has 2 atom stereocenters. The Labute approximate surface area is 159 Å². The number of aromatic amines is 1. The van der Waals surface area contributed by atoms with E-state index in [1.165, 1.54) is 80.2 Å². The molecular weight excluding hydrogens is 342 g/mol. The minimum atomic E-state index is 0.675. The molecule has 2 aromatic rings. The van der Waals surface area contributed by atoms with Crippen LogP contribution in [-0.4, -0.2) is 50.4 Å². The smallest absolute Gasteiger partial charge is 0.107 e. The molecular formula is C20H29N5S. The zero-order chi connectivity index (χ0) is 17.5. The highest BCUT2D eigenvalue weighted by atomic mass is 32.1. The molecule has 140 valence electrons. The summed E-state index contributed by atoms with van der Waals surface area (Å²) in [5, 5.41) is 1.36. The number of hydrogen-bond acceptors (Lipinski definition) is 5. The largest absolute Gasteiger partial charge is 0.348 e. The molecule has 0 spiro atoms. The molecule has 4 aliphatic rings. The van der Waals surface area contributed by atoms with Crippen LogP contribution >= 0.6 is 11.3 Å². The molecule has 3 saturated heterocycles. The number of nitrogens with one attached hydrogen (secondary N) is 1. The Morgan fingerprint density at radius 1 is 1.15 bits per heavy atom. The molecule has 2 aromatic heterocycles. The van der Waals surface area contributed by atoms with Crippen molar-refractivity contribution in [1.29, 1.82) is 0 Å². The first kappa shape index (κ1) is 16.9. The van der Waals surface area contributed by atoms with E-state index in [9.17, 15) is 0 Å². The van der Waals surface area contributed by atoms with Crippen molar-refractivity contribution < 1.29 is 0 Å². The molecule has 0 unspecified atom stereocenters. The van der Waals surface area contributed by atoms with Crippen LogP contribution in [0.2, 0.25) is 0 Å². The van der Waals surface area contributed by atoms with Crippen molar-refractivity contribution in [2.24, 2.45) is 5.92 Å². The van der Waals surface area contributed by atoms with Crippen LogP contribution in [0, 0.1) is 12.8 Å². The third-order valence-corrected chi connectivity index (χ3v) is 7.58. The number of aromatic nitrogens is 3. The quantitative estimate of drug-likeness (QED) is 0.897. The first-order valence-electron chi connectivity index (χ1n) is 10.2. The molecule has 1 N–H and O–H groups in total. The summed E-state index contributed by atoms with van der Waals surface area (Å²) in [4.78, 5) is 19.7. The van der Waals surface area contributed by atoms with Gasteiger partial charge >= 0.3 is 0 Å². The number of H-pyrrole nitrogens is 1. The van der Waals surface area contributed by atoms with Gasteiger partial charge in [-0.2, -0.15) is 0 Å². The van der Waals surface area contributed by atoms with Crippen molar-refractivity contribution in [3.05, 3.63) is 33.3 Å². The fourth-order valence-electron chi connectivity index (χ4n) is 5.00. The Hall–Kier alpha value is -1.24. The molecule has 5 heterocycles. The number of imidazole rings is 1. The molecule has 3 fully saturated rings. The van der Waals surface area contributed by atoms with E-state index < -0.39 is 0 Å². The Morgan fingerprint density at radius 2 is 2.08 bits per heavy atom. The summed E-state index contributed by atoms with van der Waals surface area (Å²) in [5.41, 5.74) is 3.84. The van der Waals surface area contributed by atoms with E-state index in [0.29, 0.717) is 6.04 Å². The Balaban J connectivity index is 1.28. The number of hydrogen-bond donors (Lipinski definition) is 1. The lowest BCUT2D eigenvalue weighted by Gasteiger charge is -2.35. The van der Waals surface area contributed by atoms with Crippen LogP contribution in [0.25, 0.3) is 0 Å². The van der Waals surface area contributed by atoms with Gasteiger partial charge in [-0.3, -0.25) is 9.80 Å². The average Bonchev–Trinajstić information content (AvgIpc) is 3.11. The highest BCUT2D eigenvalue weighted by Gasteiger charge is 2.35. The third-order valence-electron chi connectivity index (χ3n) is 6.44. The fourth-order valence-corrected chi connectivity index (χ4v) is 6.19. The van der Waals surface area contributed by atoms with Gasteiger partial charge in [-0.05, 0) is 51.4 Å². The van der Waals surface area contributed by atoms with E-state index >= 15 is 0 Å². The number of thiazole rings is 1. The summed E-state index contributed by atoms with van der Waals surface area (Å²) in [6, 6.07) is 0.675. The Kier molecular flexibility index (Phi) is 4.59. The summed E-state index contributed by atoms with van der Waals surface area (Å²) in [7, 11) is 0. The van der Waals surface area contributed by atoms with Crippen molar-refractivity contribution in [2.75, 3.05) is 19.6 Å². The lowest BCUT2D eigenvalue weighted by Crippen LogP contribution is -2.43. The molecule has 2 bridgehead atoms. The summed E-state index contributed by atoms with van der Waals surface area (Å²) in [6.45, 7) is 7.81. The Morgan fingerprint density at radius 3 is 2.92 bits per heavy atom. The molecule has 0 aromatic carbocycles. The van der Waals surface area contributed by atoms with E-state index in [4.69, 9.17) is 4.98 Å². The second-order valence-electron chi connectivity index (χ2n) is 8.38. The average molecular weight is 372 g/mol.